The van der Waals surface area contributed by atoms with Crippen LogP contribution in [-0.4, -0.2) is 27.2 Å². The van der Waals surface area contributed by atoms with Gasteiger partial charge in [0.25, 0.3) is 0 Å². The lowest BCUT2D eigenvalue weighted by molar-refractivity contribution is -0.136. The van der Waals surface area contributed by atoms with Gasteiger partial charge in [-0.2, -0.15) is 18.3 Å². The molecule has 0 unspecified atom stereocenters. The van der Waals surface area contributed by atoms with Crippen molar-refractivity contribution in [1.29, 1.82) is 0 Å². The molecule has 0 fully saturated rings. The van der Waals surface area contributed by atoms with Crippen molar-refractivity contribution < 1.29 is 18.0 Å². The van der Waals surface area contributed by atoms with E-state index in [1.165, 1.54) is 18.5 Å². The van der Waals surface area contributed by atoms with Crippen molar-refractivity contribution >= 4 is 22.6 Å². The molecule has 4 rings (SSSR count). The van der Waals surface area contributed by atoms with E-state index in [9.17, 15) is 18.0 Å². The van der Waals surface area contributed by atoms with Gasteiger partial charge in [-0.15, -0.1) is 0 Å². The summed E-state index contributed by atoms with van der Waals surface area (Å²) in [7, 11) is 0. The molecular weight excluding hydrogens is 381 g/mol. The van der Waals surface area contributed by atoms with Crippen molar-refractivity contribution in [2.24, 2.45) is 0 Å². The van der Waals surface area contributed by atoms with E-state index in [1.54, 1.807) is 4.90 Å². The Morgan fingerprint density at radius 1 is 1.17 bits per heavy atom. The predicted molar refractivity (Wildman–Crippen MR) is 104 cm³/mol. The molecule has 152 valence electrons. The molecule has 3 aromatic rings. The number of alkyl halides is 3. The zero-order chi connectivity index (χ0) is 20.9. The first-order valence-electron chi connectivity index (χ1n) is 9.47. The van der Waals surface area contributed by atoms with Gasteiger partial charge in [0.1, 0.15) is 6.54 Å². The SMILES string of the molecule is Cc1ccc2c(c1)CCCN2C(=O)Cn1nc(C)c2c(C(F)(F)F)cc(C)nc21. The van der Waals surface area contributed by atoms with E-state index >= 15 is 0 Å². The second-order valence-electron chi connectivity index (χ2n) is 7.53. The number of benzene rings is 1. The summed E-state index contributed by atoms with van der Waals surface area (Å²) >= 11 is 0. The lowest BCUT2D eigenvalue weighted by Crippen LogP contribution is -2.38. The van der Waals surface area contributed by atoms with E-state index in [0.717, 1.165) is 35.7 Å². The number of hydrogen-bond acceptors (Lipinski definition) is 3. The van der Waals surface area contributed by atoms with E-state index in [-0.39, 0.29) is 34.9 Å². The summed E-state index contributed by atoms with van der Waals surface area (Å²) in [5, 5.41) is 4.17. The smallest absolute Gasteiger partial charge is 0.311 e. The third-order valence-corrected chi connectivity index (χ3v) is 5.25. The van der Waals surface area contributed by atoms with Gasteiger partial charge in [0.05, 0.1) is 16.6 Å². The number of carbonyl (C=O) groups excluding carboxylic acids is 1. The van der Waals surface area contributed by atoms with Gasteiger partial charge < -0.3 is 4.90 Å². The quantitative estimate of drug-likeness (QED) is 0.640. The Balaban J connectivity index is 1.73. The Bertz CT molecular complexity index is 1120. The van der Waals surface area contributed by atoms with Gasteiger partial charge >= 0.3 is 6.18 Å². The number of hydrogen-bond donors (Lipinski definition) is 0. The molecule has 0 N–H and O–H groups in total. The second-order valence-corrected chi connectivity index (χ2v) is 7.53. The number of aryl methyl sites for hydroxylation is 4. The maximum atomic E-state index is 13.5. The normalized spacial score (nSPS) is 14.3. The van der Waals surface area contributed by atoms with Crippen LogP contribution in [0.5, 0.6) is 0 Å². The minimum atomic E-state index is -4.52. The van der Waals surface area contributed by atoms with E-state index in [1.807, 2.05) is 19.1 Å². The third kappa shape index (κ3) is 3.47. The molecule has 0 spiro atoms. The highest BCUT2D eigenvalue weighted by Crippen LogP contribution is 2.36. The molecule has 0 saturated heterocycles. The lowest BCUT2D eigenvalue weighted by atomic mass is 9.99. The maximum Gasteiger partial charge on any atom is 0.417 e. The molecule has 0 aliphatic carbocycles. The van der Waals surface area contributed by atoms with Gasteiger partial charge in [-0.1, -0.05) is 17.7 Å². The maximum absolute atomic E-state index is 13.5. The molecule has 0 bridgehead atoms. The monoisotopic (exact) mass is 402 g/mol. The van der Waals surface area contributed by atoms with Crippen LogP contribution in [0.15, 0.2) is 24.3 Å². The summed E-state index contributed by atoms with van der Waals surface area (Å²) in [5.74, 6) is -0.212. The number of aromatic nitrogens is 3. The van der Waals surface area contributed by atoms with Gasteiger partial charge in [-0.25, -0.2) is 9.67 Å². The van der Waals surface area contributed by atoms with Gasteiger partial charge in [0, 0.05) is 17.9 Å². The van der Waals surface area contributed by atoms with Crippen LogP contribution in [-0.2, 0) is 23.9 Å². The molecule has 1 aliphatic heterocycles. The van der Waals surface area contributed by atoms with Crippen LogP contribution >= 0.6 is 0 Å². The van der Waals surface area contributed by atoms with Crippen LogP contribution in [0.3, 0.4) is 0 Å². The fourth-order valence-electron chi connectivity index (χ4n) is 4.01. The zero-order valence-corrected chi connectivity index (χ0v) is 16.5. The Kier molecular flexibility index (Phi) is 4.59. The Labute approximate surface area is 166 Å². The second kappa shape index (κ2) is 6.86. The minimum Gasteiger partial charge on any atom is -0.311 e. The van der Waals surface area contributed by atoms with Crippen LogP contribution in [0, 0.1) is 20.8 Å². The molecule has 29 heavy (non-hydrogen) atoms. The molecular formula is C21H21F3N4O. The van der Waals surface area contributed by atoms with Crippen molar-refractivity contribution in [3.05, 3.63) is 52.3 Å². The van der Waals surface area contributed by atoms with Crippen LogP contribution in [0.1, 0.15) is 34.5 Å². The number of rotatable bonds is 2. The topological polar surface area (TPSA) is 51.0 Å². The number of pyridine rings is 1. The standard InChI is InChI=1S/C21H21F3N4O/c1-12-6-7-17-15(9-12)5-4-8-27(17)18(29)11-28-20-19(14(3)26-28)16(21(22,23)24)10-13(2)25-20/h6-7,9-10H,4-5,8,11H2,1-3H3. The summed E-state index contributed by atoms with van der Waals surface area (Å²) in [6.45, 7) is 5.44. The molecule has 8 heteroatoms. The fraction of sp³-hybridized carbons (Fsp3) is 0.381. The summed E-state index contributed by atoms with van der Waals surface area (Å²) in [6, 6.07) is 6.98. The van der Waals surface area contributed by atoms with Crippen molar-refractivity contribution in [2.75, 3.05) is 11.4 Å². The van der Waals surface area contributed by atoms with Gasteiger partial charge in [-0.05, 0) is 51.3 Å². The Hall–Kier alpha value is -2.90. The molecule has 1 amide bonds. The molecule has 0 atom stereocenters. The zero-order valence-electron chi connectivity index (χ0n) is 16.5. The minimum absolute atomic E-state index is 0.0504. The molecule has 5 nitrogen and oxygen atoms in total. The highest BCUT2D eigenvalue weighted by Gasteiger charge is 2.35. The summed E-state index contributed by atoms with van der Waals surface area (Å²) in [6.07, 6.45) is -2.77. The highest BCUT2D eigenvalue weighted by molar-refractivity contribution is 5.95. The summed E-state index contributed by atoms with van der Waals surface area (Å²) in [4.78, 5) is 19.0. The van der Waals surface area contributed by atoms with Gasteiger partial charge in [0.15, 0.2) is 5.65 Å². The molecule has 1 aliphatic rings. The first-order chi connectivity index (χ1) is 13.6. The predicted octanol–water partition coefficient (Wildman–Crippen LogP) is 4.35. The van der Waals surface area contributed by atoms with Gasteiger partial charge in [0.2, 0.25) is 5.91 Å². The molecule has 1 aromatic carbocycles. The van der Waals surface area contributed by atoms with E-state index in [4.69, 9.17) is 0 Å². The molecule has 3 heterocycles. The van der Waals surface area contributed by atoms with Crippen LogP contribution in [0.2, 0.25) is 0 Å². The van der Waals surface area contributed by atoms with E-state index in [0.29, 0.717) is 6.54 Å². The fourth-order valence-corrected chi connectivity index (χ4v) is 4.01. The van der Waals surface area contributed by atoms with Crippen LogP contribution in [0.4, 0.5) is 18.9 Å². The van der Waals surface area contributed by atoms with Crippen LogP contribution < -0.4 is 4.90 Å². The van der Waals surface area contributed by atoms with Crippen molar-refractivity contribution in [3.63, 3.8) is 0 Å². The molecule has 0 saturated carbocycles. The Morgan fingerprint density at radius 2 is 1.93 bits per heavy atom. The summed E-state index contributed by atoms with van der Waals surface area (Å²) < 4.78 is 41.8. The van der Waals surface area contributed by atoms with Crippen molar-refractivity contribution in [3.8, 4) is 0 Å². The van der Waals surface area contributed by atoms with Crippen molar-refractivity contribution in [1.82, 2.24) is 14.8 Å². The third-order valence-electron chi connectivity index (χ3n) is 5.25. The Morgan fingerprint density at radius 3 is 2.66 bits per heavy atom. The number of nitrogens with zero attached hydrogens (tertiary/aromatic N) is 4. The van der Waals surface area contributed by atoms with E-state index in [2.05, 4.69) is 16.1 Å². The first kappa shape index (κ1) is 19.4. The number of fused-ring (bicyclic) bond motifs is 2. The summed E-state index contributed by atoms with van der Waals surface area (Å²) in [5.41, 5.74) is 2.87. The average Bonchev–Trinajstić information content (AvgIpc) is 2.94. The van der Waals surface area contributed by atoms with Crippen molar-refractivity contribution in [2.45, 2.75) is 46.3 Å². The average molecular weight is 402 g/mol. The number of anilines is 1. The first-order valence-corrected chi connectivity index (χ1v) is 9.47. The number of halogens is 3. The number of amides is 1. The molecule has 2 aromatic heterocycles. The number of carbonyl (C=O) groups is 1. The molecule has 0 radical (unpaired) electrons. The van der Waals surface area contributed by atoms with E-state index < -0.39 is 11.7 Å². The van der Waals surface area contributed by atoms with Crippen LogP contribution in [0.25, 0.3) is 11.0 Å². The highest BCUT2D eigenvalue weighted by atomic mass is 19.4. The lowest BCUT2D eigenvalue weighted by Gasteiger charge is -2.29. The largest absolute Gasteiger partial charge is 0.417 e. The van der Waals surface area contributed by atoms with Gasteiger partial charge in [-0.3, -0.25) is 4.79 Å².